The fourth-order valence-corrected chi connectivity index (χ4v) is 2.87. The van der Waals surface area contributed by atoms with Gasteiger partial charge in [0.15, 0.2) is 0 Å². The minimum absolute atomic E-state index is 0.251. The molecule has 0 saturated heterocycles. The van der Waals surface area contributed by atoms with Gasteiger partial charge in [-0.15, -0.1) is 0 Å². The standard InChI is InChI=1S/C16H17ClN2O3S/c1-11-9-12(7-8-15(11)19-23(2,21)22)16(20)18-10-13-5-3-4-6-14(13)17/h3-9,19H,10H2,1-2H3,(H,18,20). The van der Waals surface area contributed by atoms with Crippen molar-refractivity contribution >= 4 is 33.2 Å². The highest BCUT2D eigenvalue weighted by Crippen LogP contribution is 2.18. The molecule has 0 saturated carbocycles. The van der Waals surface area contributed by atoms with E-state index in [1.807, 2.05) is 18.2 Å². The summed E-state index contributed by atoms with van der Waals surface area (Å²) in [5.41, 5.74) is 2.40. The van der Waals surface area contributed by atoms with Crippen LogP contribution in [0.1, 0.15) is 21.5 Å². The van der Waals surface area contributed by atoms with E-state index in [-0.39, 0.29) is 5.91 Å². The molecule has 0 bridgehead atoms. The number of anilines is 1. The van der Waals surface area contributed by atoms with E-state index in [1.54, 1.807) is 31.2 Å². The molecule has 0 aliphatic heterocycles. The number of amides is 1. The Morgan fingerprint density at radius 1 is 1.17 bits per heavy atom. The van der Waals surface area contributed by atoms with Crippen LogP contribution in [0, 0.1) is 6.92 Å². The Morgan fingerprint density at radius 2 is 1.87 bits per heavy atom. The second kappa shape index (κ2) is 7.02. The van der Waals surface area contributed by atoms with Gasteiger partial charge in [0.1, 0.15) is 0 Å². The maximum atomic E-state index is 12.2. The van der Waals surface area contributed by atoms with Crippen molar-refractivity contribution in [1.82, 2.24) is 5.32 Å². The zero-order valence-corrected chi connectivity index (χ0v) is 14.3. The summed E-state index contributed by atoms with van der Waals surface area (Å²) < 4.78 is 24.9. The first-order valence-electron chi connectivity index (χ1n) is 6.86. The van der Waals surface area contributed by atoms with Crippen LogP contribution < -0.4 is 10.0 Å². The zero-order chi connectivity index (χ0) is 17.0. The number of sulfonamides is 1. The fourth-order valence-electron chi connectivity index (χ4n) is 2.04. The van der Waals surface area contributed by atoms with Gasteiger partial charge in [0.05, 0.1) is 11.9 Å². The Morgan fingerprint density at radius 3 is 2.48 bits per heavy atom. The van der Waals surface area contributed by atoms with Crippen molar-refractivity contribution in [2.45, 2.75) is 13.5 Å². The Balaban J connectivity index is 2.08. The van der Waals surface area contributed by atoms with Gasteiger partial charge in [-0.2, -0.15) is 0 Å². The van der Waals surface area contributed by atoms with E-state index in [9.17, 15) is 13.2 Å². The van der Waals surface area contributed by atoms with E-state index < -0.39 is 10.0 Å². The van der Waals surface area contributed by atoms with Gasteiger partial charge < -0.3 is 5.32 Å². The minimum atomic E-state index is -3.35. The summed E-state index contributed by atoms with van der Waals surface area (Å²) in [6.45, 7) is 2.05. The number of hydrogen-bond donors (Lipinski definition) is 2. The van der Waals surface area contributed by atoms with E-state index in [2.05, 4.69) is 10.0 Å². The molecule has 0 spiro atoms. The van der Waals surface area contributed by atoms with Gasteiger partial charge in [0, 0.05) is 17.1 Å². The number of carbonyl (C=O) groups excluding carboxylic acids is 1. The molecule has 0 aliphatic carbocycles. The first kappa shape index (κ1) is 17.3. The van der Waals surface area contributed by atoms with Crippen molar-refractivity contribution in [3.05, 3.63) is 64.2 Å². The summed E-state index contributed by atoms with van der Waals surface area (Å²) in [4.78, 5) is 12.2. The maximum absolute atomic E-state index is 12.2. The zero-order valence-electron chi connectivity index (χ0n) is 12.8. The average Bonchev–Trinajstić information content (AvgIpc) is 2.47. The van der Waals surface area contributed by atoms with E-state index in [4.69, 9.17) is 11.6 Å². The van der Waals surface area contributed by atoms with E-state index in [0.717, 1.165) is 11.8 Å². The lowest BCUT2D eigenvalue weighted by Crippen LogP contribution is -2.23. The quantitative estimate of drug-likeness (QED) is 0.868. The monoisotopic (exact) mass is 352 g/mol. The molecule has 0 heterocycles. The first-order valence-corrected chi connectivity index (χ1v) is 9.13. The lowest BCUT2D eigenvalue weighted by molar-refractivity contribution is 0.0951. The lowest BCUT2D eigenvalue weighted by Gasteiger charge is -2.10. The van der Waals surface area contributed by atoms with Crippen molar-refractivity contribution in [2.75, 3.05) is 11.0 Å². The molecule has 0 radical (unpaired) electrons. The second-order valence-corrected chi connectivity index (χ2v) is 7.33. The summed E-state index contributed by atoms with van der Waals surface area (Å²) in [7, 11) is -3.35. The highest BCUT2D eigenvalue weighted by molar-refractivity contribution is 7.92. The summed E-state index contributed by atoms with van der Waals surface area (Å²) in [5, 5.41) is 3.38. The Bertz CT molecular complexity index is 835. The predicted molar refractivity (Wildman–Crippen MR) is 92.3 cm³/mol. The molecule has 2 aromatic rings. The maximum Gasteiger partial charge on any atom is 0.251 e. The van der Waals surface area contributed by atoms with Crippen LogP contribution in [0.4, 0.5) is 5.69 Å². The number of nitrogens with one attached hydrogen (secondary N) is 2. The fraction of sp³-hybridized carbons (Fsp3) is 0.188. The Kier molecular flexibility index (Phi) is 5.28. The van der Waals surface area contributed by atoms with Gasteiger partial charge in [0.2, 0.25) is 10.0 Å². The van der Waals surface area contributed by atoms with Crippen LogP contribution in [-0.2, 0) is 16.6 Å². The third kappa shape index (κ3) is 4.97. The normalized spacial score (nSPS) is 11.1. The van der Waals surface area contributed by atoms with Crippen molar-refractivity contribution in [3.8, 4) is 0 Å². The molecule has 0 atom stereocenters. The summed E-state index contributed by atoms with van der Waals surface area (Å²) >= 11 is 6.04. The van der Waals surface area contributed by atoms with E-state index >= 15 is 0 Å². The van der Waals surface area contributed by atoms with E-state index in [0.29, 0.717) is 28.4 Å². The van der Waals surface area contributed by atoms with Crippen LogP contribution in [0.5, 0.6) is 0 Å². The molecule has 23 heavy (non-hydrogen) atoms. The number of rotatable bonds is 5. The molecule has 1 amide bonds. The molecule has 5 nitrogen and oxygen atoms in total. The molecular weight excluding hydrogens is 336 g/mol. The molecule has 122 valence electrons. The smallest absolute Gasteiger partial charge is 0.251 e. The molecule has 0 aliphatic rings. The van der Waals surface area contributed by atoms with Crippen LogP contribution in [0.25, 0.3) is 0 Å². The van der Waals surface area contributed by atoms with Crippen LogP contribution in [0.15, 0.2) is 42.5 Å². The molecule has 0 fully saturated rings. The third-order valence-electron chi connectivity index (χ3n) is 3.18. The highest BCUT2D eigenvalue weighted by atomic mass is 35.5. The average molecular weight is 353 g/mol. The van der Waals surface area contributed by atoms with Crippen molar-refractivity contribution in [3.63, 3.8) is 0 Å². The van der Waals surface area contributed by atoms with Gasteiger partial charge in [-0.1, -0.05) is 29.8 Å². The molecule has 7 heteroatoms. The van der Waals surface area contributed by atoms with Crippen LogP contribution in [0.2, 0.25) is 5.02 Å². The second-order valence-electron chi connectivity index (χ2n) is 5.18. The van der Waals surface area contributed by atoms with Gasteiger partial charge in [-0.05, 0) is 42.3 Å². The van der Waals surface area contributed by atoms with Gasteiger partial charge in [-0.25, -0.2) is 8.42 Å². The minimum Gasteiger partial charge on any atom is -0.348 e. The van der Waals surface area contributed by atoms with Gasteiger partial charge in [0.25, 0.3) is 5.91 Å². The molecular formula is C16H17ClN2O3S. The number of aryl methyl sites for hydroxylation is 1. The van der Waals surface area contributed by atoms with Crippen molar-refractivity contribution in [1.29, 1.82) is 0 Å². The lowest BCUT2D eigenvalue weighted by atomic mass is 10.1. The topological polar surface area (TPSA) is 75.3 Å². The third-order valence-corrected chi connectivity index (χ3v) is 4.14. The summed E-state index contributed by atoms with van der Waals surface area (Å²) in [6, 6.07) is 12.1. The Hall–Kier alpha value is -2.05. The molecule has 2 aromatic carbocycles. The molecule has 0 unspecified atom stereocenters. The van der Waals surface area contributed by atoms with Crippen LogP contribution in [-0.4, -0.2) is 20.6 Å². The van der Waals surface area contributed by atoms with Crippen molar-refractivity contribution in [2.24, 2.45) is 0 Å². The number of benzene rings is 2. The molecule has 0 aromatic heterocycles. The van der Waals surface area contributed by atoms with Gasteiger partial charge >= 0.3 is 0 Å². The van der Waals surface area contributed by atoms with Gasteiger partial charge in [-0.3, -0.25) is 9.52 Å². The highest BCUT2D eigenvalue weighted by Gasteiger charge is 2.10. The largest absolute Gasteiger partial charge is 0.348 e. The number of carbonyl (C=O) groups is 1. The number of halogens is 1. The summed E-state index contributed by atoms with van der Waals surface area (Å²) in [5.74, 6) is -0.251. The molecule has 2 N–H and O–H groups in total. The Labute approximate surface area is 140 Å². The van der Waals surface area contributed by atoms with E-state index in [1.165, 1.54) is 0 Å². The van der Waals surface area contributed by atoms with Crippen LogP contribution >= 0.6 is 11.6 Å². The van der Waals surface area contributed by atoms with Crippen LogP contribution in [0.3, 0.4) is 0 Å². The SMILES string of the molecule is Cc1cc(C(=O)NCc2ccccc2Cl)ccc1NS(C)(=O)=O. The van der Waals surface area contributed by atoms with Crippen molar-refractivity contribution < 1.29 is 13.2 Å². The first-order chi connectivity index (χ1) is 10.8. The predicted octanol–water partition coefficient (Wildman–Crippen LogP) is 2.95. The number of hydrogen-bond acceptors (Lipinski definition) is 3. The summed E-state index contributed by atoms with van der Waals surface area (Å²) in [6.07, 6.45) is 1.08. The molecule has 2 rings (SSSR count).